The third-order valence-electron chi connectivity index (χ3n) is 2.72. The van der Waals surface area contributed by atoms with E-state index < -0.39 is 24.3 Å². The van der Waals surface area contributed by atoms with E-state index in [1.54, 1.807) is 30.3 Å². The number of nitrogens with one attached hydrogen (secondary N) is 1. The molecule has 1 aromatic heterocycles. The Morgan fingerprint density at radius 1 is 1.39 bits per heavy atom. The molecule has 2 aromatic rings. The second kappa shape index (κ2) is 4.52. The van der Waals surface area contributed by atoms with E-state index in [-0.39, 0.29) is 5.57 Å². The summed E-state index contributed by atoms with van der Waals surface area (Å²) in [6.45, 7) is 1.15. The van der Waals surface area contributed by atoms with Crippen molar-refractivity contribution in [1.82, 2.24) is 14.3 Å². The third-order valence-corrected chi connectivity index (χ3v) is 2.72. The Morgan fingerprint density at radius 2 is 2.06 bits per heavy atom. The van der Waals surface area contributed by atoms with E-state index in [1.165, 1.54) is 7.05 Å². The van der Waals surface area contributed by atoms with Crippen LogP contribution in [-0.2, 0) is 7.05 Å². The van der Waals surface area contributed by atoms with Crippen molar-refractivity contribution in [3.8, 4) is 0 Å². The lowest BCUT2D eigenvalue weighted by molar-refractivity contribution is 0.557. The number of allylic oxidation sites excluding steroid dienone is 1. The summed E-state index contributed by atoms with van der Waals surface area (Å²) < 4.78 is 24.4. The van der Waals surface area contributed by atoms with Gasteiger partial charge >= 0.3 is 11.4 Å². The molecule has 0 fully saturated rings. The molecule has 1 unspecified atom stereocenters. The van der Waals surface area contributed by atoms with Gasteiger partial charge in [-0.05, 0) is 12.4 Å². The van der Waals surface area contributed by atoms with Crippen molar-refractivity contribution in [2.45, 2.75) is 12.9 Å². The van der Waals surface area contributed by atoms with Crippen LogP contribution < -0.4 is 11.4 Å². The maximum absolute atomic E-state index is 12.1. The van der Waals surface area contributed by atoms with Gasteiger partial charge in [0.1, 0.15) is 6.04 Å². The quantitative estimate of drug-likeness (QED) is 0.825. The highest BCUT2D eigenvalue weighted by molar-refractivity contribution is 5.26. The van der Waals surface area contributed by atoms with E-state index in [0.717, 1.165) is 9.25 Å². The molecule has 1 N–H and O–H groups in total. The normalized spacial score (nSPS) is 15.5. The Hall–Kier alpha value is -2.30. The highest BCUT2D eigenvalue weighted by Gasteiger charge is 2.18. The van der Waals surface area contributed by atoms with Crippen molar-refractivity contribution in [3.63, 3.8) is 0 Å². The summed E-state index contributed by atoms with van der Waals surface area (Å²) in [6.07, 6.45) is 0. The van der Waals surface area contributed by atoms with Gasteiger partial charge in [0, 0.05) is 11.2 Å². The lowest BCUT2D eigenvalue weighted by Gasteiger charge is -2.17. The van der Waals surface area contributed by atoms with Crippen molar-refractivity contribution in [1.29, 1.82) is 0 Å². The number of aromatic nitrogens is 3. The first-order valence-corrected chi connectivity index (χ1v) is 5.35. The minimum atomic E-state index is -2.45. The lowest BCUT2D eigenvalue weighted by Crippen LogP contribution is -2.29. The fourth-order valence-electron chi connectivity index (χ4n) is 1.79. The molecule has 0 bridgehead atoms. The molecule has 94 valence electrons. The van der Waals surface area contributed by atoms with Gasteiger partial charge in [-0.15, -0.1) is 0 Å². The molecule has 1 aromatic carbocycles. The number of aromatic amines is 1. The van der Waals surface area contributed by atoms with Crippen molar-refractivity contribution in [3.05, 3.63) is 69.0 Å². The van der Waals surface area contributed by atoms with E-state index in [4.69, 9.17) is 4.11 Å². The fraction of sp³-hybridized carbons (Fsp3) is 0.231. The summed E-state index contributed by atoms with van der Waals surface area (Å²) in [4.78, 5) is 23.7. The predicted molar refractivity (Wildman–Crippen MR) is 69.7 cm³/mol. The summed E-state index contributed by atoms with van der Waals surface area (Å²) in [5.74, 6) is 0. The Labute approximate surface area is 108 Å². The highest BCUT2D eigenvalue weighted by atomic mass is 16.2. The molecule has 0 amide bonds. The van der Waals surface area contributed by atoms with Gasteiger partial charge in [0.15, 0.2) is 0 Å². The first-order chi connectivity index (χ1) is 9.73. The molecular weight excluding hydrogens is 230 g/mol. The van der Waals surface area contributed by atoms with Crippen molar-refractivity contribution < 1.29 is 4.11 Å². The minimum absolute atomic E-state index is 0.141. The molecule has 5 nitrogen and oxygen atoms in total. The minimum Gasteiger partial charge on any atom is -0.246 e. The first kappa shape index (κ1) is 8.74. The molecule has 0 aliphatic carbocycles. The monoisotopic (exact) mass is 248 g/mol. The van der Waals surface area contributed by atoms with Crippen LogP contribution in [0.4, 0.5) is 0 Å². The predicted octanol–water partition coefficient (Wildman–Crippen LogP) is 1.04. The van der Waals surface area contributed by atoms with Crippen LogP contribution in [0.25, 0.3) is 0 Å². The van der Waals surface area contributed by atoms with Gasteiger partial charge in [0.25, 0.3) is 0 Å². The third kappa shape index (κ3) is 1.95. The molecule has 0 saturated carbocycles. The summed E-state index contributed by atoms with van der Waals surface area (Å²) in [5.41, 5.74) is -0.821. The number of benzene rings is 1. The number of rotatable bonds is 3. The average Bonchev–Trinajstić information content (AvgIpc) is 2.67. The van der Waals surface area contributed by atoms with Gasteiger partial charge in [0.2, 0.25) is 0 Å². The van der Waals surface area contributed by atoms with Crippen LogP contribution in [0.1, 0.15) is 22.6 Å². The van der Waals surface area contributed by atoms with Gasteiger partial charge in [-0.3, -0.25) is 0 Å². The summed E-state index contributed by atoms with van der Waals surface area (Å²) in [7, 11) is 1.32. The van der Waals surface area contributed by atoms with Crippen LogP contribution in [0.2, 0.25) is 0 Å². The van der Waals surface area contributed by atoms with Gasteiger partial charge in [-0.25, -0.2) is 23.9 Å². The van der Waals surface area contributed by atoms with Crippen LogP contribution in [-0.4, -0.2) is 14.3 Å². The Kier molecular flexibility index (Phi) is 2.20. The van der Waals surface area contributed by atoms with Crippen molar-refractivity contribution >= 4 is 0 Å². The van der Waals surface area contributed by atoms with Crippen molar-refractivity contribution in [2.75, 3.05) is 0 Å². The Bertz CT molecular complexity index is 768. The second-order valence-corrected chi connectivity index (χ2v) is 3.97. The Balaban J connectivity index is 2.68. The fourth-order valence-corrected chi connectivity index (χ4v) is 1.79. The SMILES string of the molecule is [2H]C([2H])([2H])C(=C)C(c1ccccc1)n1[nH]c(=O)n(C)c1=O. The summed E-state index contributed by atoms with van der Waals surface area (Å²) in [6, 6.07) is 7.62. The number of hydrogen-bond donors (Lipinski definition) is 1. The molecule has 0 radical (unpaired) electrons. The molecular formula is C13H15N3O2. The van der Waals surface area contributed by atoms with Crippen LogP contribution in [0.15, 0.2) is 52.1 Å². The van der Waals surface area contributed by atoms with E-state index in [1.807, 2.05) is 0 Å². The van der Waals surface area contributed by atoms with Crippen molar-refractivity contribution in [2.24, 2.45) is 7.05 Å². The number of nitrogens with zero attached hydrogens (tertiary/aromatic N) is 2. The van der Waals surface area contributed by atoms with Crippen LogP contribution in [0, 0.1) is 0 Å². The molecule has 0 aliphatic rings. The molecule has 1 heterocycles. The topological polar surface area (TPSA) is 59.8 Å². The van der Waals surface area contributed by atoms with Gasteiger partial charge < -0.3 is 0 Å². The van der Waals surface area contributed by atoms with E-state index >= 15 is 0 Å². The zero-order chi connectivity index (χ0) is 15.8. The van der Waals surface area contributed by atoms with Gasteiger partial charge in [-0.1, -0.05) is 42.5 Å². The van der Waals surface area contributed by atoms with Gasteiger partial charge in [-0.2, -0.15) is 0 Å². The smallest absolute Gasteiger partial charge is 0.246 e. The molecule has 18 heavy (non-hydrogen) atoms. The van der Waals surface area contributed by atoms with Crippen LogP contribution in [0.3, 0.4) is 0 Å². The zero-order valence-electron chi connectivity index (χ0n) is 12.9. The molecule has 0 saturated heterocycles. The summed E-state index contributed by atoms with van der Waals surface area (Å²) in [5, 5.41) is 2.36. The highest BCUT2D eigenvalue weighted by Crippen LogP contribution is 2.22. The van der Waals surface area contributed by atoms with E-state index in [2.05, 4.69) is 11.7 Å². The number of hydrogen-bond acceptors (Lipinski definition) is 2. The molecule has 0 spiro atoms. The second-order valence-electron chi connectivity index (χ2n) is 3.97. The van der Waals surface area contributed by atoms with Crippen LogP contribution >= 0.6 is 0 Å². The lowest BCUT2D eigenvalue weighted by atomic mass is 10.0. The average molecular weight is 248 g/mol. The Morgan fingerprint density at radius 3 is 2.56 bits per heavy atom. The summed E-state index contributed by atoms with van der Waals surface area (Å²) >= 11 is 0. The van der Waals surface area contributed by atoms with Gasteiger partial charge in [0.05, 0.1) is 0 Å². The zero-order valence-corrected chi connectivity index (χ0v) is 9.88. The molecule has 0 aliphatic heterocycles. The maximum atomic E-state index is 12.1. The molecule has 2 rings (SSSR count). The molecule has 1 atom stereocenters. The van der Waals surface area contributed by atoms with E-state index in [9.17, 15) is 9.59 Å². The maximum Gasteiger partial charge on any atom is 0.347 e. The largest absolute Gasteiger partial charge is 0.347 e. The standard InChI is InChI=1S/C13H15N3O2/c1-9(2)11(10-7-5-4-6-8-10)16-13(18)15(3)12(17)14-16/h4-8,11H,1H2,2-3H3,(H,14,17)/i2D3. The first-order valence-electron chi connectivity index (χ1n) is 6.85. The van der Waals surface area contributed by atoms with Crippen LogP contribution in [0.5, 0.6) is 0 Å². The number of H-pyrrole nitrogens is 1. The molecule has 5 heteroatoms. The van der Waals surface area contributed by atoms with E-state index in [0.29, 0.717) is 5.56 Å².